The molecule has 2 N–H and O–H groups in total. The summed E-state index contributed by atoms with van der Waals surface area (Å²) >= 11 is 0. The third-order valence-electron chi connectivity index (χ3n) is 3.98. The van der Waals surface area contributed by atoms with Gasteiger partial charge in [0.25, 0.3) is 5.91 Å². The van der Waals surface area contributed by atoms with Crippen LogP contribution in [0.3, 0.4) is 0 Å². The topological polar surface area (TPSA) is 65.5 Å². The van der Waals surface area contributed by atoms with Crippen molar-refractivity contribution in [1.29, 1.82) is 0 Å². The van der Waals surface area contributed by atoms with Crippen molar-refractivity contribution in [3.8, 4) is 0 Å². The molecule has 5 nitrogen and oxygen atoms in total. The number of hydrogen-bond acceptors (Lipinski definition) is 4. The number of rotatable bonds is 6. The zero-order valence-electron chi connectivity index (χ0n) is 12.9. The van der Waals surface area contributed by atoms with E-state index in [9.17, 15) is 9.90 Å². The molecule has 1 aliphatic rings. The monoisotopic (exact) mass is 291 g/mol. The molecule has 21 heavy (non-hydrogen) atoms. The fourth-order valence-electron chi connectivity index (χ4n) is 2.84. The summed E-state index contributed by atoms with van der Waals surface area (Å²) in [6, 6.07) is 3.49. The number of likely N-dealkylation sites (N-methyl/N-ethyl adjacent to an activating group) is 1. The Morgan fingerprint density at radius 3 is 2.86 bits per heavy atom. The van der Waals surface area contributed by atoms with Crippen LogP contribution in [0, 0.1) is 0 Å². The van der Waals surface area contributed by atoms with Crippen molar-refractivity contribution in [3.63, 3.8) is 0 Å². The van der Waals surface area contributed by atoms with Crippen molar-refractivity contribution < 1.29 is 9.90 Å². The summed E-state index contributed by atoms with van der Waals surface area (Å²) in [5.74, 6) is 0.646. The second-order valence-corrected chi connectivity index (χ2v) is 5.95. The number of anilines is 1. The Labute approximate surface area is 126 Å². The molecule has 0 spiro atoms. The molecule has 1 heterocycles. The van der Waals surface area contributed by atoms with E-state index in [4.69, 9.17) is 0 Å². The molecular weight excluding hydrogens is 266 g/mol. The van der Waals surface area contributed by atoms with Crippen molar-refractivity contribution in [2.45, 2.75) is 44.6 Å². The van der Waals surface area contributed by atoms with Crippen molar-refractivity contribution >= 4 is 11.7 Å². The number of aliphatic hydroxyl groups is 1. The summed E-state index contributed by atoms with van der Waals surface area (Å²) in [5, 5.41) is 13.6. The van der Waals surface area contributed by atoms with E-state index in [-0.39, 0.29) is 5.91 Å². The highest BCUT2D eigenvalue weighted by atomic mass is 16.3. The minimum absolute atomic E-state index is 0.0720. The van der Waals surface area contributed by atoms with E-state index in [0.29, 0.717) is 12.1 Å². The highest BCUT2D eigenvalue weighted by Crippen LogP contribution is 2.30. The van der Waals surface area contributed by atoms with Crippen LogP contribution in [0.25, 0.3) is 0 Å². The maximum atomic E-state index is 12.5. The molecule has 0 radical (unpaired) electrons. The maximum Gasteiger partial charge on any atom is 0.253 e. The van der Waals surface area contributed by atoms with Gasteiger partial charge < -0.3 is 15.3 Å². The Balaban J connectivity index is 2.01. The predicted molar refractivity (Wildman–Crippen MR) is 83.4 cm³/mol. The Morgan fingerprint density at radius 2 is 2.19 bits per heavy atom. The van der Waals surface area contributed by atoms with Crippen LogP contribution < -0.4 is 5.32 Å². The fourth-order valence-corrected chi connectivity index (χ4v) is 2.84. The van der Waals surface area contributed by atoms with Crippen molar-refractivity contribution in [2.24, 2.45) is 0 Å². The zero-order valence-corrected chi connectivity index (χ0v) is 12.9. The van der Waals surface area contributed by atoms with Gasteiger partial charge in [0.05, 0.1) is 5.60 Å². The van der Waals surface area contributed by atoms with E-state index < -0.39 is 5.60 Å². The highest BCUT2D eigenvalue weighted by Gasteiger charge is 2.33. The largest absolute Gasteiger partial charge is 0.388 e. The number of hydrogen-bond donors (Lipinski definition) is 2. The summed E-state index contributed by atoms with van der Waals surface area (Å²) < 4.78 is 0. The van der Waals surface area contributed by atoms with Crippen LogP contribution in [0.15, 0.2) is 18.3 Å². The van der Waals surface area contributed by atoms with Crippen LogP contribution in [0.1, 0.15) is 49.4 Å². The van der Waals surface area contributed by atoms with E-state index in [1.54, 1.807) is 30.3 Å². The summed E-state index contributed by atoms with van der Waals surface area (Å²) in [6.07, 6.45) is 6.29. The molecule has 116 valence electrons. The van der Waals surface area contributed by atoms with E-state index in [1.807, 2.05) is 0 Å². The quantitative estimate of drug-likeness (QED) is 0.844. The molecule has 0 aliphatic heterocycles. The van der Waals surface area contributed by atoms with E-state index in [2.05, 4.69) is 17.2 Å². The molecule has 5 heteroatoms. The number of pyridine rings is 1. The molecule has 0 bridgehead atoms. The Kier molecular flexibility index (Phi) is 5.17. The average molecular weight is 291 g/mol. The molecular formula is C16H25N3O2. The lowest BCUT2D eigenvalue weighted by Crippen LogP contribution is -2.42. The van der Waals surface area contributed by atoms with E-state index in [0.717, 1.165) is 44.5 Å². The smallest absolute Gasteiger partial charge is 0.253 e. The van der Waals surface area contributed by atoms with E-state index in [1.165, 1.54) is 0 Å². The Bertz CT molecular complexity index is 484. The van der Waals surface area contributed by atoms with Gasteiger partial charge in [-0.3, -0.25) is 4.79 Å². The van der Waals surface area contributed by atoms with Crippen molar-refractivity contribution in [3.05, 3.63) is 23.9 Å². The molecule has 1 aliphatic carbocycles. The minimum atomic E-state index is -0.708. The summed E-state index contributed by atoms with van der Waals surface area (Å²) in [4.78, 5) is 18.3. The number of nitrogens with one attached hydrogen (secondary N) is 1. The van der Waals surface area contributed by atoms with Gasteiger partial charge in [-0.2, -0.15) is 0 Å². The van der Waals surface area contributed by atoms with Gasteiger partial charge in [-0.15, -0.1) is 0 Å². The fraction of sp³-hybridized carbons (Fsp3) is 0.625. The SMILES string of the molecule is CCCNc1cc(C(=O)N(C)CC2(O)CCCC2)ccn1. The average Bonchev–Trinajstić information content (AvgIpc) is 2.90. The van der Waals surface area contributed by atoms with Gasteiger partial charge in [0, 0.05) is 31.9 Å². The first-order valence-corrected chi connectivity index (χ1v) is 7.72. The Morgan fingerprint density at radius 1 is 1.48 bits per heavy atom. The first-order chi connectivity index (χ1) is 10.0. The van der Waals surface area contributed by atoms with Crippen LogP contribution in [0.5, 0.6) is 0 Å². The van der Waals surface area contributed by atoms with Crippen LogP contribution in [-0.4, -0.2) is 46.6 Å². The third-order valence-corrected chi connectivity index (χ3v) is 3.98. The molecule has 2 rings (SSSR count). The van der Waals surface area contributed by atoms with Crippen molar-refractivity contribution in [2.75, 3.05) is 25.5 Å². The lowest BCUT2D eigenvalue weighted by molar-refractivity contribution is 0.0157. The van der Waals surface area contributed by atoms with Crippen molar-refractivity contribution in [1.82, 2.24) is 9.88 Å². The van der Waals surface area contributed by atoms with Crippen LogP contribution in [-0.2, 0) is 0 Å². The lowest BCUT2D eigenvalue weighted by Gasteiger charge is -2.28. The van der Waals surface area contributed by atoms with Gasteiger partial charge in [-0.25, -0.2) is 4.98 Å². The zero-order chi connectivity index (χ0) is 15.3. The standard InChI is InChI=1S/C16H25N3O2/c1-3-9-17-14-11-13(6-10-18-14)15(20)19(2)12-16(21)7-4-5-8-16/h6,10-11,21H,3-5,7-9,12H2,1-2H3,(H,17,18). The second-order valence-electron chi connectivity index (χ2n) is 5.95. The Hall–Kier alpha value is -1.62. The third kappa shape index (κ3) is 4.17. The van der Waals surface area contributed by atoms with Gasteiger partial charge in [-0.1, -0.05) is 19.8 Å². The molecule has 1 amide bonds. The molecule has 0 saturated heterocycles. The first kappa shape index (κ1) is 15.8. The highest BCUT2D eigenvalue weighted by molar-refractivity contribution is 5.94. The molecule has 0 aromatic carbocycles. The number of nitrogens with zero attached hydrogens (tertiary/aromatic N) is 2. The number of carbonyl (C=O) groups excluding carboxylic acids is 1. The van der Waals surface area contributed by atoms with Crippen LogP contribution >= 0.6 is 0 Å². The summed E-state index contributed by atoms with van der Waals surface area (Å²) in [7, 11) is 1.75. The lowest BCUT2D eigenvalue weighted by atomic mass is 10.0. The number of aromatic nitrogens is 1. The van der Waals surface area contributed by atoms with Gasteiger partial charge in [0.2, 0.25) is 0 Å². The van der Waals surface area contributed by atoms with Gasteiger partial charge >= 0.3 is 0 Å². The number of carbonyl (C=O) groups is 1. The van der Waals surface area contributed by atoms with Gasteiger partial charge in [-0.05, 0) is 31.4 Å². The molecule has 0 atom stereocenters. The molecule has 1 aromatic rings. The minimum Gasteiger partial charge on any atom is -0.388 e. The normalized spacial score (nSPS) is 16.7. The van der Waals surface area contributed by atoms with Gasteiger partial charge in [0.15, 0.2) is 0 Å². The molecule has 1 saturated carbocycles. The predicted octanol–water partition coefficient (Wildman–Crippen LogP) is 2.28. The maximum absolute atomic E-state index is 12.5. The number of amides is 1. The first-order valence-electron chi connectivity index (χ1n) is 7.72. The summed E-state index contributed by atoms with van der Waals surface area (Å²) in [5.41, 5.74) is -0.103. The van der Waals surface area contributed by atoms with E-state index >= 15 is 0 Å². The summed E-state index contributed by atoms with van der Waals surface area (Å²) in [6.45, 7) is 3.31. The second kappa shape index (κ2) is 6.89. The molecule has 0 unspecified atom stereocenters. The molecule has 1 aromatic heterocycles. The molecule has 1 fully saturated rings. The van der Waals surface area contributed by atoms with Crippen LogP contribution in [0.4, 0.5) is 5.82 Å². The van der Waals surface area contributed by atoms with Gasteiger partial charge in [0.1, 0.15) is 5.82 Å². The van der Waals surface area contributed by atoms with Crippen LogP contribution in [0.2, 0.25) is 0 Å².